The summed E-state index contributed by atoms with van der Waals surface area (Å²) in [5, 5.41) is 2.48. The Morgan fingerprint density at radius 2 is 1.97 bits per heavy atom. The van der Waals surface area contributed by atoms with Gasteiger partial charge in [0, 0.05) is 37.6 Å². The van der Waals surface area contributed by atoms with Gasteiger partial charge in [0.1, 0.15) is 12.6 Å². The van der Waals surface area contributed by atoms with E-state index in [1.165, 1.54) is 28.4 Å². The maximum absolute atomic E-state index is 12.8. The maximum atomic E-state index is 12.8. The van der Waals surface area contributed by atoms with Crippen LogP contribution in [0, 0.1) is 0 Å². The first kappa shape index (κ1) is 23.5. The number of amides is 4. The summed E-state index contributed by atoms with van der Waals surface area (Å²) in [5.74, 6) is -1.08. The summed E-state index contributed by atoms with van der Waals surface area (Å²) in [6.45, 7) is 1.27. The fraction of sp³-hybridized carbons (Fsp3) is 0.381. The molecule has 2 aliphatic heterocycles. The number of alkyl halides is 3. The molecular formula is C21H20ClF3N4O3S. The first-order chi connectivity index (χ1) is 15.6. The normalized spacial score (nSPS) is 19.2. The molecule has 7 nitrogen and oxygen atoms in total. The van der Waals surface area contributed by atoms with E-state index in [0.29, 0.717) is 30.5 Å². The van der Waals surface area contributed by atoms with Crippen LogP contribution in [0.3, 0.4) is 0 Å². The van der Waals surface area contributed by atoms with Gasteiger partial charge in [0.05, 0.1) is 9.90 Å². The monoisotopic (exact) mass is 500 g/mol. The van der Waals surface area contributed by atoms with Crippen molar-refractivity contribution in [1.82, 2.24) is 20.0 Å². The second kappa shape index (κ2) is 9.32. The van der Waals surface area contributed by atoms with E-state index in [1.54, 1.807) is 0 Å². The molecule has 33 heavy (non-hydrogen) atoms. The fourth-order valence-electron chi connectivity index (χ4n) is 3.91. The molecule has 4 rings (SSSR count). The van der Waals surface area contributed by atoms with Crippen LogP contribution in [0.5, 0.6) is 0 Å². The van der Waals surface area contributed by atoms with Crippen LogP contribution < -0.4 is 5.32 Å². The number of halogens is 4. The quantitative estimate of drug-likeness (QED) is 0.618. The fourth-order valence-corrected chi connectivity index (χ4v) is 5.04. The van der Waals surface area contributed by atoms with Gasteiger partial charge in [0.15, 0.2) is 0 Å². The molecule has 3 heterocycles. The van der Waals surface area contributed by atoms with Gasteiger partial charge in [-0.15, -0.1) is 11.3 Å². The van der Waals surface area contributed by atoms with E-state index in [9.17, 15) is 27.6 Å². The summed E-state index contributed by atoms with van der Waals surface area (Å²) in [7, 11) is 0. The van der Waals surface area contributed by atoms with Crippen molar-refractivity contribution in [2.75, 3.05) is 26.2 Å². The van der Waals surface area contributed by atoms with Gasteiger partial charge < -0.3 is 10.2 Å². The highest BCUT2D eigenvalue weighted by Gasteiger charge is 2.48. The summed E-state index contributed by atoms with van der Waals surface area (Å²) in [5.41, 5.74) is -0.551. The first-order valence-corrected chi connectivity index (χ1v) is 11.3. The molecule has 0 saturated carbocycles. The molecule has 12 heteroatoms. The number of imide groups is 1. The third-order valence-electron chi connectivity index (χ3n) is 5.55. The third kappa shape index (κ3) is 5.31. The van der Waals surface area contributed by atoms with Crippen molar-refractivity contribution in [1.29, 1.82) is 0 Å². The van der Waals surface area contributed by atoms with Crippen molar-refractivity contribution >= 4 is 40.8 Å². The van der Waals surface area contributed by atoms with Crippen molar-refractivity contribution < 1.29 is 27.6 Å². The maximum Gasteiger partial charge on any atom is 0.416 e. The lowest BCUT2D eigenvalue weighted by Crippen LogP contribution is -2.52. The zero-order valence-corrected chi connectivity index (χ0v) is 18.8. The number of hydrogen-bond acceptors (Lipinski definition) is 5. The molecule has 0 radical (unpaired) electrons. The molecule has 1 aromatic heterocycles. The van der Waals surface area contributed by atoms with E-state index in [2.05, 4.69) is 10.2 Å². The predicted molar refractivity (Wildman–Crippen MR) is 115 cm³/mol. The lowest BCUT2D eigenvalue weighted by atomic mass is 10.1. The molecule has 2 aromatic rings. The highest BCUT2D eigenvalue weighted by Crippen LogP contribution is 2.29. The molecule has 4 amide bonds. The van der Waals surface area contributed by atoms with Gasteiger partial charge >= 0.3 is 12.2 Å². The number of piperazine rings is 1. The lowest BCUT2D eigenvalue weighted by molar-refractivity contribution is -0.137. The number of urea groups is 1. The summed E-state index contributed by atoms with van der Waals surface area (Å²) in [6.07, 6.45) is -4.48. The largest absolute Gasteiger partial charge is 0.416 e. The molecular weight excluding hydrogens is 481 g/mol. The Kier molecular flexibility index (Phi) is 6.64. The lowest BCUT2D eigenvalue weighted by Gasteiger charge is -2.35. The van der Waals surface area contributed by atoms with Crippen LogP contribution in [0.4, 0.5) is 18.0 Å². The Morgan fingerprint density at radius 1 is 1.18 bits per heavy atom. The Bertz CT molecular complexity index is 1080. The predicted octanol–water partition coefficient (Wildman–Crippen LogP) is 3.19. The number of carbonyl (C=O) groups is 3. The van der Waals surface area contributed by atoms with E-state index < -0.39 is 42.2 Å². The van der Waals surface area contributed by atoms with Crippen LogP contribution in [-0.4, -0.2) is 64.8 Å². The molecule has 176 valence electrons. The summed E-state index contributed by atoms with van der Waals surface area (Å²) in [6, 6.07) is 7.13. The van der Waals surface area contributed by atoms with E-state index in [0.717, 1.165) is 21.9 Å². The van der Waals surface area contributed by atoms with Gasteiger partial charge in [0.25, 0.3) is 5.91 Å². The average Bonchev–Trinajstić information content (AvgIpc) is 3.28. The summed E-state index contributed by atoms with van der Waals surface area (Å²) in [4.78, 5) is 43.3. The summed E-state index contributed by atoms with van der Waals surface area (Å²) >= 11 is 7.42. The molecule has 2 saturated heterocycles. The van der Waals surface area contributed by atoms with Gasteiger partial charge in [-0.3, -0.25) is 19.4 Å². The van der Waals surface area contributed by atoms with Crippen molar-refractivity contribution in [3.05, 3.63) is 56.7 Å². The van der Waals surface area contributed by atoms with E-state index >= 15 is 0 Å². The van der Waals surface area contributed by atoms with Crippen molar-refractivity contribution in [2.45, 2.75) is 25.3 Å². The minimum Gasteiger partial charge on any atom is -0.350 e. The van der Waals surface area contributed by atoms with Gasteiger partial charge in [-0.2, -0.15) is 13.2 Å². The molecule has 2 fully saturated rings. The van der Waals surface area contributed by atoms with Gasteiger partial charge in [-0.05, 0) is 29.8 Å². The highest BCUT2D eigenvalue weighted by atomic mass is 35.5. The number of carbonyl (C=O) groups excluding carboxylic acids is 3. The molecule has 1 aromatic carbocycles. The summed E-state index contributed by atoms with van der Waals surface area (Å²) < 4.78 is 39.2. The van der Waals surface area contributed by atoms with Crippen molar-refractivity contribution in [3.8, 4) is 0 Å². The standard InChI is InChI=1S/C21H20ClF3N4O3S/c22-17-5-4-15(33-17)10-27-6-7-28-16(11-27)19(31)29(20(28)32)12-18(30)26-9-13-2-1-3-14(8-13)21(23,24)25/h1-5,8,16H,6-7,9-12H2,(H,26,30). The van der Waals surface area contributed by atoms with Crippen LogP contribution in [0.15, 0.2) is 36.4 Å². The number of nitrogens with zero attached hydrogens (tertiary/aromatic N) is 3. The zero-order valence-electron chi connectivity index (χ0n) is 17.3. The Balaban J connectivity index is 1.33. The molecule has 1 N–H and O–H groups in total. The van der Waals surface area contributed by atoms with Crippen LogP contribution in [0.25, 0.3) is 0 Å². The van der Waals surface area contributed by atoms with E-state index in [-0.39, 0.29) is 12.1 Å². The number of thiophene rings is 1. The van der Waals surface area contributed by atoms with Crippen LogP contribution in [0.2, 0.25) is 4.34 Å². The molecule has 1 unspecified atom stereocenters. The van der Waals surface area contributed by atoms with Crippen LogP contribution >= 0.6 is 22.9 Å². The Morgan fingerprint density at radius 3 is 2.67 bits per heavy atom. The molecule has 2 aliphatic rings. The van der Waals surface area contributed by atoms with Crippen LogP contribution in [-0.2, 0) is 28.9 Å². The number of fused-ring (bicyclic) bond motifs is 1. The number of hydrogen-bond donors (Lipinski definition) is 1. The Labute approximate surface area is 196 Å². The third-order valence-corrected chi connectivity index (χ3v) is 6.76. The van der Waals surface area contributed by atoms with Crippen molar-refractivity contribution in [2.24, 2.45) is 0 Å². The number of nitrogens with one attached hydrogen (secondary N) is 1. The zero-order chi connectivity index (χ0) is 23.8. The molecule has 0 bridgehead atoms. The second-order valence-electron chi connectivity index (χ2n) is 7.83. The second-order valence-corrected chi connectivity index (χ2v) is 9.63. The SMILES string of the molecule is O=C(CN1C(=O)C2CN(Cc3ccc(Cl)s3)CCN2C1=O)NCc1cccc(C(F)(F)F)c1. The average molecular weight is 501 g/mol. The van der Waals surface area contributed by atoms with Gasteiger partial charge in [-0.1, -0.05) is 23.7 Å². The van der Waals surface area contributed by atoms with Crippen molar-refractivity contribution in [3.63, 3.8) is 0 Å². The molecule has 1 atom stereocenters. The number of rotatable bonds is 6. The first-order valence-electron chi connectivity index (χ1n) is 10.1. The van der Waals surface area contributed by atoms with E-state index in [4.69, 9.17) is 11.6 Å². The molecule has 0 aliphatic carbocycles. The smallest absolute Gasteiger partial charge is 0.350 e. The van der Waals surface area contributed by atoms with Gasteiger partial charge in [0.2, 0.25) is 5.91 Å². The minimum atomic E-state index is -4.48. The molecule has 0 spiro atoms. The minimum absolute atomic E-state index is 0.150. The number of benzene rings is 1. The highest BCUT2D eigenvalue weighted by molar-refractivity contribution is 7.16. The topological polar surface area (TPSA) is 73.0 Å². The van der Waals surface area contributed by atoms with Gasteiger partial charge in [-0.25, -0.2) is 4.79 Å². The Hall–Kier alpha value is -2.63. The van der Waals surface area contributed by atoms with Crippen LogP contribution in [0.1, 0.15) is 16.0 Å². The van der Waals surface area contributed by atoms with E-state index in [1.807, 2.05) is 12.1 Å².